The molecule has 0 aliphatic carbocycles. The highest BCUT2D eigenvalue weighted by Gasteiger charge is 2.27. The minimum absolute atomic E-state index is 0.0880. The molecule has 4 aromatic rings. The van der Waals surface area contributed by atoms with E-state index in [0.717, 1.165) is 36.6 Å². The van der Waals surface area contributed by atoms with Crippen LogP contribution in [0.25, 0.3) is 16.6 Å². The van der Waals surface area contributed by atoms with Crippen LogP contribution in [0.5, 0.6) is 0 Å². The van der Waals surface area contributed by atoms with Crippen molar-refractivity contribution in [2.75, 3.05) is 24.5 Å². The second-order valence-corrected chi connectivity index (χ2v) is 7.12. The summed E-state index contributed by atoms with van der Waals surface area (Å²) in [4.78, 5) is 28.9. The van der Waals surface area contributed by atoms with Crippen LogP contribution in [0, 0.1) is 0 Å². The summed E-state index contributed by atoms with van der Waals surface area (Å²) >= 11 is 0. The zero-order valence-electron chi connectivity index (χ0n) is 15.5. The van der Waals surface area contributed by atoms with Crippen LogP contribution in [0.4, 0.5) is 5.82 Å². The second-order valence-electron chi connectivity index (χ2n) is 7.12. The largest absolute Gasteiger partial charge is 0.348 e. The van der Waals surface area contributed by atoms with Crippen molar-refractivity contribution in [2.24, 2.45) is 0 Å². The molecule has 142 valence electrons. The van der Waals surface area contributed by atoms with Crippen LogP contribution >= 0.6 is 0 Å². The SMILES string of the molecule is CC1CN(Cc2nc3ccccc3c(=O)[nH]2)CCN1c1nccn2cnnc12. The van der Waals surface area contributed by atoms with E-state index in [9.17, 15) is 4.79 Å². The molecule has 9 heteroatoms. The molecule has 0 radical (unpaired) electrons. The van der Waals surface area contributed by atoms with Gasteiger partial charge in [0.1, 0.15) is 12.2 Å². The molecule has 0 spiro atoms. The highest BCUT2D eigenvalue weighted by atomic mass is 16.1. The third kappa shape index (κ3) is 2.89. The maximum Gasteiger partial charge on any atom is 0.258 e. The number of para-hydroxylation sites is 1. The van der Waals surface area contributed by atoms with E-state index in [4.69, 9.17) is 0 Å². The molecule has 1 aliphatic heterocycles. The highest BCUT2D eigenvalue weighted by Crippen LogP contribution is 2.22. The number of anilines is 1. The summed E-state index contributed by atoms with van der Waals surface area (Å²) in [5, 5.41) is 8.80. The lowest BCUT2D eigenvalue weighted by Crippen LogP contribution is -2.52. The third-order valence-electron chi connectivity index (χ3n) is 5.22. The van der Waals surface area contributed by atoms with Gasteiger partial charge < -0.3 is 9.88 Å². The average molecular weight is 376 g/mol. The Bertz CT molecular complexity index is 1200. The maximum absolute atomic E-state index is 12.3. The predicted octanol–water partition coefficient (Wildman–Crippen LogP) is 1.07. The normalized spacial score (nSPS) is 18.2. The van der Waals surface area contributed by atoms with Gasteiger partial charge in [0.25, 0.3) is 5.56 Å². The predicted molar refractivity (Wildman–Crippen MR) is 105 cm³/mol. The number of benzene rings is 1. The Morgan fingerprint density at radius 3 is 3.04 bits per heavy atom. The molecular formula is C19H20N8O. The van der Waals surface area contributed by atoms with Gasteiger partial charge in [-0.05, 0) is 19.1 Å². The number of aromatic amines is 1. The van der Waals surface area contributed by atoms with Crippen LogP contribution < -0.4 is 10.5 Å². The van der Waals surface area contributed by atoms with E-state index in [-0.39, 0.29) is 11.6 Å². The van der Waals surface area contributed by atoms with Crippen molar-refractivity contribution in [3.8, 4) is 0 Å². The summed E-state index contributed by atoms with van der Waals surface area (Å²) in [7, 11) is 0. The molecule has 1 saturated heterocycles. The van der Waals surface area contributed by atoms with Gasteiger partial charge in [0, 0.05) is 38.1 Å². The van der Waals surface area contributed by atoms with Gasteiger partial charge in [-0.15, -0.1) is 10.2 Å². The summed E-state index contributed by atoms with van der Waals surface area (Å²) in [6.45, 7) is 5.29. The molecule has 1 N–H and O–H groups in total. The number of hydrogen-bond donors (Lipinski definition) is 1. The number of fused-ring (bicyclic) bond motifs is 2. The summed E-state index contributed by atoms with van der Waals surface area (Å²) in [5.74, 6) is 1.55. The molecule has 1 aromatic carbocycles. The molecule has 3 aromatic heterocycles. The Morgan fingerprint density at radius 1 is 1.25 bits per heavy atom. The van der Waals surface area contributed by atoms with Gasteiger partial charge in [-0.3, -0.25) is 14.1 Å². The molecule has 1 atom stereocenters. The molecule has 28 heavy (non-hydrogen) atoms. The molecule has 0 amide bonds. The minimum Gasteiger partial charge on any atom is -0.348 e. The number of aromatic nitrogens is 6. The Labute approximate surface area is 160 Å². The summed E-state index contributed by atoms with van der Waals surface area (Å²) < 4.78 is 1.88. The number of rotatable bonds is 3. The highest BCUT2D eigenvalue weighted by molar-refractivity contribution is 5.77. The monoisotopic (exact) mass is 376 g/mol. The first-order valence-corrected chi connectivity index (χ1v) is 9.30. The first kappa shape index (κ1) is 16.8. The van der Waals surface area contributed by atoms with Gasteiger partial charge in [0.2, 0.25) is 5.65 Å². The zero-order chi connectivity index (χ0) is 19.1. The first-order valence-electron chi connectivity index (χ1n) is 9.30. The van der Waals surface area contributed by atoms with Crippen LogP contribution in [0.2, 0.25) is 0 Å². The van der Waals surface area contributed by atoms with E-state index in [1.54, 1.807) is 18.6 Å². The maximum atomic E-state index is 12.3. The van der Waals surface area contributed by atoms with Gasteiger partial charge in [0.05, 0.1) is 17.4 Å². The lowest BCUT2D eigenvalue weighted by atomic mass is 10.2. The van der Waals surface area contributed by atoms with Crippen molar-refractivity contribution >= 4 is 22.4 Å². The Balaban J connectivity index is 1.35. The van der Waals surface area contributed by atoms with Crippen molar-refractivity contribution in [1.82, 2.24) is 34.4 Å². The molecule has 0 saturated carbocycles. The van der Waals surface area contributed by atoms with E-state index in [0.29, 0.717) is 17.8 Å². The second kappa shape index (κ2) is 6.68. The van der Waals surface area contributed by atoms with Crippen LogP contribution in [-0.2, 0) is 6.54 Å². The lowest BCUT2D eigenvalue weighted by Gasteiger charge is -2.40. The Kier molecular flexibility index (Phi) is 4.01. The molecule has 1 unspecified atom stereocenters. The van der Waals surface area contributed by atoms with Gasteiger partial charge in [0.15, 0.2) is 5.82 Å². The van der Waals surface area contributed by atoms with Gasteiger partial charge in [-0.25, -0.2) is 9.97 Å². The fourth-order valence-electron chi connectivity index (χ4n) is 3.86. The fraction of sp³-hybridized carbons (Fsp3) is 0.316. The van der Waals surface area contributed by atoms with Crippen molar-refractivity contribution in [3.05, 3.63) is 59.2 Å². The minimum atomic E-state index is -0.0880. The van der Waals surface area contributed by atoms with Crippen molar-refractivity contribution in [2.45, 2.75) is 19.5 Å². The van der Waals surface area contributed by atoms with E-state index in [1.165, 1.54) is 0 Å². The number of hydrogen-bond acceptors (Lipinski definition) is 7. The average Bonchev–Trinajstić information content (AvgIpc) is 3.17. The molecular weight excluding hydrogens is 356 g/mol. The quantitative estimate of drug-likeness (QED) is 0.571. The third-order valence-corrected chi connectivity index (χ3v) is 5.22. The van der Waals surface area contributed by atoms with E-state index in [2.05, 4.69) is 41.9 Å². The molecule has 9 nitrogen and oxygen atoms in total. The zero-order valence-corrected chi connectivity index (χ0v) is 15.5. The summed E-state index contributed by atoms with van der Waals surface area (Å²) in [6.07, 6.45) is 5.30. The lowest BCUT2D eigenvalue weighted by molar-refractivity contribution is 0.215. The number of H-pyrrole nitrogens is 1. The van der Waals surface area contributed by atoms with Crippen molar-refractivity contribution in [1.29, 1.82) is 0 Å². The molecule has 0 bridgehead atoms. The fourth-order valence-corrected chi connectivity index (χ4v) is 3.86. The van der Waals surface area contributed by atoms with E-state index < -0.39 is 0 Å². The van der Waals surface area contributed by atoms with Crippen molar-refractivity contribution in [3.63, 3.8) is 0 Å². The topological polar surface area (TPSA) is 95.3 Å². The van der Waals surface area contributed by atoms with Crippen LogP contribution in [-0.4, -0.2) is 60.1 Å². The van der Waals surface area contributed by atoms with Crippen LogP contribution in [0.1, 0.15) is 12.7 Å². The molecule has 5 rings (SSSR count). The van der Waals surface area contributed by atoms with Gasteiger partial charge in [-0.2, -0.15) is 0 Å². The van der Waals surface area contributed by atoms with Gasteiger partial charge >= 0.3 is 0 Å². The Hall–Kier alpha value is -3.33. The smallest absolute Gasteiger partial charge is 0.258 e. The van der Waals surface area contributed by atoms with Gasteiger partial charge in [-0.1, -0.05) is 12.1 Å². The molecule has 4 heterocycles. The van der Waals surface area contributed by atoms with E-state index >= 15 is 0 Å². The standard InChI is InChI=1S/C19H20N8O/c1-13-10-25(11-16-22-15-5-3-2-4-14(15)19(28)23-16)8-9-27(13)17-18-24-21-12-26(18)7-6-20-17/h2-7,12-13H,8-11H2,1H3,(H,22,23,28). The van der Waals surface area contributed by atoms with Crippen molar-refractivity contribution < 1.29 is 0 Å². The first-order chi connectivity index (χ1) is 13.7. The number of nitrogens with zero attached hydrogens (tertiary/aromatic N) is 7. The summed E-state index contributed by atoms with van der Waals surface area (Å²) in [6, 6.07) is 7.67. The number of nitrogens with one attached hydrogen (secondary N) is 1. The molecule has 1 aliphatic rings. The van der Waals surface area contributed by atoms with Crippen LogP contribution in [0.15, 0.2) is 47.8 Å². The Morgan fingerprint density at radius 2 is 2.14 bits per heavy atom. The summed E-state index contributed by atoms with van der Waals surface area (Å²) in [5.41, 5.74) is 1.41. The molecule has 1 fully saturated rings. The van der Waals surface area contributed by atoms with E-state index in [1.807, 2.05) is 28.8 Å². The number of piperazine rings is 1. The van der Waals surface area contributed by atoms with Crippen LogP contribution in [0.3, 0.4) is 0 Å².